The van der Waals surface area contributed by atoms with Gasteiger partial charge in [-0.3, -0.25) is 4.90 Å². The summed E-state index contributed by atoms with van der Waals surface area (Å²) in [4.78, 5) is 6.74. The first-order chi connectivity index (χ1) is 11.8. The molecule has 1 fully saturated rings. The van der Waals surface area contributed by atoms with Crippen LogP contribution in [0.25, 0.3) is 0 Å². The van der Waals surface area contributed by atoms with Gasteiger partial charge in [-0.15, -0.1) is 0 Å². The van der Waals surface area contributed by atoms with Gasteiger partial charge in [0.15, 0.2) is 0 Å². The van der Waals surface area contributed by atoms with Gasteiger partial charge in [0.25, 0.3) is 0 Å². The van der Waals surface area contributed by atoms with Crippen LogP contribution < -0.4 is 10.1 Å². The Balaban J connectivity index is 1.53. The smallest absolute Gasteiger partial charge is 0.144 e. The van der Waals surface area contributed by atoms with Crippen molar-refractivity contribution in [1.29, 1.82) is 5.26 Å². The van der Waals surface area contributed by atoms with Crippen LogP contribution in [0.4, 0.5) is 5.82 Å². The first kappa shape index (κ1) is 16.3. The molecule has 1 saturated heterocycles. The van der Waals surface area contributed by atoms with E-state index in [2.05, 4.69) is 33.4 Å². The Morgan fingerprint density at radius 1 is 1.29 bits per heavy atom. The highest BCUT2D eigenvalue weighted by Crippen LogP contribution is 2.20. The molecule has 0 radical (unpaired) electrons. The van der Waals surface area contributed by atoms with E-state index in [1.165, 1.54) is 5.56 Å². The van der Waals surface area contributed by atoms with Gasteiger partial charge in [0.05, 0.1) is 12.7 Å². The Morgan fingerprint density at radius 2 is 2.12 bits per heavy atom. The molecule has 24 heavy (non-hydrogen) atoms. The number of rotatable bonds is 5. The summed E-state index contributed by atoms with van der Waals surface area (Å²) in [6, 6.07) is 14.4. The van der Waals surface area contributed by atoms with Crippen molar-refractivity contribution < 1.29 is 4.74 Å². The van der Waals surface area contributed by atoms with Crippen molar-refractivity contribution in [2.24, 2.45) is 0 Å². The highest BCUT2D eigenvalue weighted by atomic mass is 16.5. The van der Waals surface area contributed by atoms with E-state index in [9.17, 15) is 0 Å². The number of nitrogens with one attached hydrogen (secondary N) is 1. The van der Waals surface area contributed by atoms with E-state index in [1.807, 2.05) is 12.1 Å². The van der Waals surface area contributed by atoms with Crippen LogP contribution in [-0.4, -0.2) is 36.1 Å². The van der Waals surface area contributed by atoms with Gasteiger partial charge in [0.2, 0.25) is 0 Å². The maximum absolute atomic E-state index is 9.15. The Kier molecular flexibility index (Phi) is 5.29. The van der Waals surface area contributed by atoms with Crippen LogP contribution >= 0.6 is 0 Å². The summed E-state index contributed by atoms with van der Waals surface area (Å²) in [5, 5.41) is 12.6. The number of hydrogen-bond acceptors (Lipinski definition) is 5. The molecule has 0 spiro atoms. The molecule has 1 aliphatic rings. The molecule has 0 bridgehead atoms. The fraction of sp³-hybridized carbons (Fsp3) is 0.368. The largest absolute Gasteiger partial charge is 0.497 e. The molecule has 1 aliphatic heterocycles. The number of benzene rings is 1. The van der Waals surface area contributed by atoms with Gasteiger partial charge in [-0.1, -0.05) is 12.1 Å². The summed E-state index contributed by atoms with van der Waals surface area (Å²) in [7, 11) is 1.70. The Bertz CT molecular complexity index is 717. The zero-order valence-corrected chi connectivity index (χ0v) is 13.9. The molecule has 0 atom stereocenters. The topological polar surface area (TPSA) is 61.2 Å². The Labute approximate surface area is 142 Å². The lowest BCUT2D eigenvalue weighted by Crippen LogP contribution is -2.38. The van der Waals surface area contributed by atoms with Gasteiger partial charge in [-0.25, -0.2) is 4.98 Å². The van der Waals surface area contributed by atoms with Crippen molar-refractivity contribution in [3.8, 4) is 11.8 Å². The van der Waals surface area contributed by atoms with E-state index >= 15 is 0 Å². The van der Waals surface area contributed by atoms with Crippen molar-refractivity contribution in [3.63, 3.8) is 0 Å². The molecule has 1 aromatic heterocycles. The summed E-state index contributed by atoms with van der Waals surface area (Å²) in [6.07, 6.45) is 3.82. The molecule has 5 nitrogen and oxygen atoms in total. The fourth-order valence-corrected chi connectivity index (χ4v) is 3.07. The average molecular weight is 322 g/mol. The summed E-state index contributed by atoms with van der Waals surface area (Å²) < 4.78 is 5.29. The van der Waals surface area contributed by atoms with Gasteiger partial charge >= 0.3 is 0 Å². The van der Waals surface area contributed by atoms with E-state index in [0.717, 1.165) is 38.2 Å². The van der Waals surface area contributed by atoms with E-state index < -0.39 is 0 Å². The third kappa shape index (κ3) is 4.03. The summed E-state index contributed by atoms with van der Waals surface area (Å²) in [5.41, 5.74) is 1.88. The molecule has 0 saturated carbocycles. The summed E-state index contributed by atoms with van der Waals surface area (Å²) in [6.45, 7) is 3.00. The normalized spacial score (nSPS) is 15.7. The van der Waals surface area contributed by atoms with Gasteiger partial charge in [0.1, 0.15) is 17.6 Å². The standard InChI is InChI=1S/C19H22N4O/c1-24-18-6-2-4-15(12-18)14-23-10-7-17(8-11-23)22-19-16(13-20)5-3-9-21-19/h2-6,9,12,17H,7-8,10-11,14H2,1H3,(H,21,22). The number of ether oxygens (including phenoxy) is 1. The number of likely N-dealkylation sites (tertiary alicyclic amines) is 1. The predicted octanol–water partition coefficient (Wildman–Crippen LogP) is 3.04. The zero-order valence-electron chi connectivity index (χ0n) is 13.9. The number of nitriles is 1. The van der Waals surface area contributed by atoms with Crippen LogP contribution in [-0.2, 0) is 6.54 Å². The second-order valence-electron chi connectivity index (χ2n) is 6.06. The van der Waals surface area contributed by atoms with Gasteiger partial charge in [-0.2, -0.15) is 5.26 Å². The van der Waals surface area contributed by atoms with Crippen LogP contribution in [0.5, 0.6) is 5.75 Å². The van der Waals surface area contributed by atoms with Crippen LogP contribution in [0.2, 0.25) is 0 Å². The van der Waals surface area contributed by atoms with Crippen molar-refractivity contribution in [3.05, 3.63) is 53.7 Å². The molecule has 2 aromatic rings. The second-order valence-corrected chi connectivity index (χ2v) is 6.06. The number of piperidine rings is 1. The number of hydrogen-bond donors (Lipinski definition) is 1. The SMILES string of the molecule is COc1cccc(CN2CCC(Nc3ncccc3C#N)CC2)c1. The van der Waals surface area contributed by atoms with E-state index in [1.54, 1.807) is 25.4 Å². The summed E-state index contributed by atoms with van der Waals surface area (Å²) >= 11 is 0. The highest BCUT2D eigenvalue weighted by Gasteiger charge is 2.20. The maximum atomic E-state index is 9.15. The quantitative estimate of drug-likeness (QED) is 0.917. The first-order valence-corrected chi connectivity index (χ1v) is 8.25. The van der Waals surface area contributed by atoms with E-state index in [4.69, 9.17) is 10.00 Å². The minimum Gasteiger partial charge on any atom is -0.497 e. The zero-order chi connectivity index (χ0) is 16.8. The average Bonchev–Trinajstić information content (AvgIpc) is 2.64. The molecule has 2 heterocycles. The third-order valence-corrected chi connectivity index (χ3v) is 4.40. The van der Waals surface area contributed by atoms with Crippen LogP contribution in [0, 0.1) is 11.3 Å². The van der Waals surface area contributed by atoms with Crippen LogP contribution in [0.1, 0.15) is 24.0 Å². The fourth-order valence-electron chi connectivity index (χ4n) is 3.07. The first-order valence-electron chi connectivity index (χ1n) is 8.25. The maximum Gasteiger partial charge on any atom is 0.144 e. The minimum atomic E-state index is 0.369. The Hall–Kier alpha value is -2.58. The van der Waals surface area contributed by atoms with Crippen molar-refractivity contribution in [2.75, 3.05) is 25.5 Å². The lowest BCUT2D eigenvalue weighted by molar-refractivity contribution is 0.211. The van der Waals surface area contributed by atoms with Crippen molar-refractivity contribution in [1.82, 2.24) is 9.88 Å². The van der Waals surface area contributed by atoms with Crippen molar-refractivity contribution in [2.45, 2.75) is 25.4 Å². The number of anilines is 1. The number of nitrogens with zero attached hydrogens (tertiary/aromatic N) is 3. The molecular formula is C19H22N4O. The summed E-state index contributed by atoms with van der Waals surface area (Å²) in [5.74, 6) is 1.61. The lowest BCUT2D eigenvalue weighted by atomic mass is 10.0. The molecule has 0 amide bonds. The predicted molar refractivity (Wildman–Crippen MR) is 93.9 cm³/mol. The van der Waals surface area contributed by atoms with Gasteiger partial charge in [0, 0.05) is 31.9 Å². The molecule has 0 unspecified atom stereocenters. The molecular weight excluding hydrogens is 300 g/mol. The molecule has 1 N–H and O–H groups in total. The number of pyridine rings is 1. The van der Waals surface area contributed by atoms with Crippen molar-refractivity contribution >= 4 is 5.82 Å². The minimum absolute atomic E-state index is 0.369. The second kappa shape index (κ2) is 7.80. The van der Waals surface area contributed by atoms with Crippen LogP contribution in [0.3, 0.4) is 0 Å². The molecule has 124 valence electrons. The van der Waals surface area contributed by atoms with Gasteiger partial charge in [-0.05, 0) is 42.7 Å². The molecule has 3 rings (SSSR count). The highest BCUT2D eigenvalue weighted by molar-refractivity contribution is 5.51. The van der Waals surface area contributed by atoms with Gasteiger partial charge < -0.3 is 10.1 Å². The molecule has 5 heteroatoms. The lowest BCUT2D eigenvalue weighted by Gasteiger charge is -2.32. The monoisotopic (exact) mass is 322 g/mol. The number of aromatic nitrogens is 1. The van der Waals surface area contributed by atoms with E-state index in [-0.39, 0.29) is 0 Å². The van der Waals surface area contributed by atoms with E-state index in [0.29, 0.717) is 17.4 Å². The number of methoxy groups -OCH3 is 1. The molecule has 0 aliphatic carbocycles. The van der Waals surface area contributed by atoms with Crippen LogP contribution in [0.15, 0.2) is 42.6 Å². The molecule has 1 aromatic carbocycles. The third-order valence-electron chi connectivity index (χ3n) is 4.40. The Morgan fingerprint density at radius 3 is 2.88 bits per heavy atom.